The molecule has 22 heavy (non-hydrogen) atoms. The Morgan fingerprint density at radius 3 is 2.55 bits per heavy atom. The molecular formula is C18H26N2O2. The van der Waals surface area contributed by atoms with Crippen molar-refractivity contribution in [2.45, 2.75) is 51.5 Å². The smallest absolute Gasteiger partial charge is 0.309 e. The Hall–Kier alpha value is -1.84. The van der Waals surface area contributed by atoms with E-state index in [1.165, 1.54) is 12.0 Å². The van der Waals surface area contributed by atoms with Gasteiger partial charge in [-0.2, -0.15) is 0 Å². The lowest BCUT2D eigenvalue weighted by atomic mass is 9.86. The van der Waals surface area contributed by atoms with Crippen LogP contribution in [-0.4, -0.2) is 24.4 Å². The molecule has 1 aromatic carbocycles. The quantitative estimate of drug-likeness (QED) is 0.648. The van der Waals surface area contributed by atoms with E-state index in [-0.39, 0.29) is 6.04 Å². The standard InChI is InChI=1S/C18H26N2O2/c1-14-8-5-6-12-16(14)20-18(22)17(21)19-13-7-11-15-9-3-2-4-10-15/h2-4,9-10,14,16H,5-8,11-13H2,1H3,(H,19,21)(H,20,22)/t14-,16-/m0/s1. The Bertz CT molecular complexity index is 487. The number of carbonyl (C=O) groups is 2. The summed E-state index contributed by atoms with van der Waals surface area (Å²) < 4.78 is 0. The van der Waals surface area contributed by atoms with Crippen LogP contribution in [0.15, 0.2) is 30.3 Å². The monoisotopic (exact) mass is 302 g/mol. The lowest BCUT2D eigenvalue weighted by Gasteiger charge is -2.29. The molecule has 4 nitrogen and oxygen atoms in total. The summed E-state index contributed by atoms with van der Waals surface area (Å²) in [6.45, 7) is 2.67. The zero-order chi connectivity index (χ0) is 15.8. The predicted octanol–water partition coefficient (Wildman–Crippen LogP) is 2.43. The molecule has 1 fully saturated rings. The fourth-order valence-electron chi connectivity index (χ4n) is 2.98. The van der Waals surface area contributed by atoms with Gasteiger partial charge in [0.2, 0.25) is 0 Å². The van der Waals surface area contributed by atoms with E-state index in [1.54, 1.807) is 0 Å². The molecule has 0 unspecified atom stereocenters. The average Bonchev–Trinajstić information content (AvgIpc) is 2.54. The zero-order valence-electron chi connectivity index (χ0n) is 13.3. The Balaban J connectivity index is 1.65. The first-order valence-electron chi connectivity index (χ1n) is 8.29. The third-order valence-electron chi connectivity index (χ3n) is 4.40. The van der Waals surface area contributed by atoms with Crippen molar-refractivity contribution in [1.82, 2.24) is 10.6 Å². The number of hydrogen-bond donors (Lipinski definition) is 2. The number of carbonyl (C=O) groups excluding carboxylic acids is 2. The van der Waals surface area contributed by atoms with E-state index >= 15 is 0 Å². The molecule has 1 saturated carbocycles. The third-order valence-corrected chi connectivity index (χ3v) is 4.40. The molecule has 1 aliphatic rings. The van der Waals surface area contributed by atoms with Crippen LogP contribution in [0, 0.1) is 5.92 Å². The van der Waals surface area contributed by atoms with Gasteiger partial charge in [-0.3, -0.25) is 9.59 Å². The summed E-state index contributed by atoms with van der Waals surface area (Å²) >= 11 is 0. The molecule has 120 valence electrons. The molecule has 2 atom stereocenters. The van der Waals surface area contributed by atoms with Crippen LogP contribution in [0.5, 0.6) is 0 Å². The highest BCUT2D eigenvalue weighted by atomic mass is 16.2. The van der Waals surface area contributed by atoms with Crippen molar-refractivity contribution < 1.29 is 9.59 Å². The summed E-state index contributed by atoms with van der Waals surface area (Å²) in [6, 6.07) is 10.3. The minimum Gasteiger partial charge on any atom is -0.348 e. The summed E-state index contributed by atoms with van der Waals surface area (Å²) in [5.41, 5.74) is 1.25. The molecule has 0 radical (unpaired) electrons. The van der Waals surface area contributed by atoms with Crippen LogP contribution in [0.25, 0.3) is 0 Å². The number of hydrogen-bond acceptors (Lipinski definition) is 2. The Morgan fingerprint density at radius 2 is 1.82 bits per heavy atom. The Kier molecular flexibility index (Phi) is 6.44. The van der Waals surface area contributed by atoms with Crippen LogP contribution in [0.3, 0.4) is 0 Å². The first-order chi connectivity index (χ1) is 10.7. The van der Waals surface area contributed by atoms with Crippen molar-refractivity contribution in [3.05, 3.63) is 35.9 Å². The summed E-state index contributed by atoms with van der Waals surface area (Å²) in [7, 11) is 0. The zero-order valence-corrected chi connectivity index (χ0v) is 13.3. The van der Waals surface area contributed by atoms with Gasteiger partial charge in [-0.05, 0) is 37.2 Å². The second kappa shape index (κ2) is 8.57. The molecule has 0 aliphatic heterocycles. The number of aryl methyl sites for hydroxylation is 1. The van der Waals surface area contributed by atoms with E-state index in [1.807, 2.05) is 18.2 Å². The molecule has 2 rings (SSSR count). The minimum absolute atomic E-state index is 0.149. The van der Waals surface area contributed by atoms with Crippen molar-refractivity contribution >= 4 is 11.8 Å². The molecule has 4 heteroatoms. The molecule has 0 heterocycles. The highest BCUT2D eigenvalue weighted by molar-refractivity contribution is 6.35. The summed E-state index contributed by atoms with van der Waals surface area (Å²) in [5.74, 6) is -0.534. The SMILES string of the molecule is C[C@H]1CCCC[C@@H]1NC(=O)C(=O)NCCCc1ccccc1. The average molecular weight is 302 g/mol. The van der Waals surface area contributed by atoms with E-state index in [4.69, 9.17) is 0 Å². The lowest BCUT2D eigenvalue weighted by molar-refractivity contribution is -0.139. The topological polar surface area (TPSA) is 58.2 Å². The molecule has 0 saturated heterocycles. The van der Waals surface area contributed by atoms with Crippen molar-refractivity contribution in [2.75, 3.05) is 6.54 Å². The first kappa shape index (κ1) is 16.5. The van der Waals surface area contributed by atoms with Crippen molar-refractivity contribution in [1.29, 1.82) is 0 Å². The molecule has 1 aliphatic carbocycles. The highest BCUT2D eigenvalue weighted by Gasteiger charge is 2.25. The van der Waals surface area contributed by atoms with Crippen LogP contribution in [0.2, 0.25) is 0 Å². The third kappa shape index (κ3) is 5.17. The van der Waals surface area contributed by atoms with E-state index in [0.717, 1.165) is 32.1 Å². The van der Waals surface area contributed by atoms with Gasteiger partial charge in [0.15, 0.2) is 0 Å². The van der Waals surface area contributed by atoms with Crippen LogP contribution >= 0.6 is 0 Å². The van der Waals surface area contributed by atoms with Gasteiger partial charge in [0.1, 0.15) is 0 Å². The molecule has 2 N–H and O–H groups in total. The van der Waals surface area contributed by atoms with Gasteiger partial charge < -0.3 is 10.6 Å². The van der Waals surface area contributed by atoms with Gasteiger partial charge in [0, 0.05) is 12.6 Å². The van der Waals surface area contributed by atoms with E-state index in [0.29, 0.717) is 12.5 Å². The Morgan fingerprint density at radius 1 is 1.09 bits per heavy atom. The van der Waals surface area contributed by atoms with Crippen molar-refractivity contribution in [3.63, 3.8) is 0 Å². The van der Waals surface area contributed by atoms with E-state index in [2.05, 4.69) is 29.7 Å². The summed E-state index contributed by atoms with van der Waals surface area (Å²) in [6.07, 6.45) is 6.20. The highest BCUT2D eigenvalue weighted by Crippen LogP contribution is 2.23. The van der Waals surface area contributed by atoms with Crippen LogP contribution in [-0.2, 0) is 16.0 Å². The van der Waals surface area contributed by atoms with Gasteiger partial charge >= 0.3 is 11.8 Å². The molecular weight excluding hydrogens is 276 g/mol. The number of nitrogens with one attached hydrogen (secondary N) is 2. The molecule has 2 amide bonds. The van der Waals surface area contributed by atoms with Gasteiger partial charge in [-0.1, -0.05) is 50.1 Å². The molecule has 0 bridgehead atoms. The van der Waals surface area contributed by atoms with Gasteiger partial charge in [0.25, 0.3) is 0 Å². The summed E-state index contributed by atoms with van der Waals surface area (Å²) in [5, 5.41) is 5.58. The fraction of sp³-hybridized carbons (Fsp3) is 0.556. The maximum absolute atomic E-state index is 11.9. The van der Waals surface area contributed by atoms with Gasteiger partial charge in [-0.15, -0.1) is 0 Å². The number of rotatable bonds is 5. The van der Waals surface area contributed by atoms with Crippen LogP contribution < -0.4 is 10.6 Å². The molecule has 0 spiro atoms. The summed E-state index contributed by atoms with van der Waals surface area (Å²) in [4.78, 5) is 23.7. The largest absolute Gasteiger partial charge is 0.348 e. The molecule has 0 aromatic heterocycles. The van der Waals surface area contributed by atoms with E-state index < -0.39 is 11.8 Å². The van der Waals surface area contributed by atoms with Crippen LogP contribution in [0.4, 0.5) is 0 Å². The lowest BCUT2D eigenvalue weighted by Crippen LogP contribution is -2.47. The van der Waals surface area contributed by atoms with Gasteiger partial charge in [-0.25, -0.2) is 0 Å². The second-order valence-electron chi connectivity index (χ2n) is 6.19. The maximum Gasteiger partial charge on any atom is 0.309 e. The number of amides is 2. The normalized spacial score (nSPS) is 21.1. The Labute approximate surface area is 132 Å². The second-order valence-corrected chi connectivity index (χ2v) is 6.19. The van der Waals surface area contributed by atoms with E-state index in [9.17, 15) is 9.59 Å². The van der Waals surface area contributed by atoms with Crippen molar-refractivity contribution in [3.8, 4) is 0 Å². The first-order valence-corrected chi connectivity index (χ1v) is 8.29. The minimum atomic E-state index is -0.508. The molecule has 1 aromatic rings. The predicted molar refractivity (Wildman–Crippen MR) is 87.3 cm³/mol. The fourth-order valence-corrected chi connectivity index (χ4v) is 2.98. The number of benzene rings is 1. The van der Waals surface area contributed by atoms with Crippen molar-refractivity contribution in [2.24, 2.45) is 5.92 Å². The van der Waals surface area contributed by atoms with Crippen LogP contribution in [0.1, 0.15) is 44.6 Å². The maximum atomic E-state index is 11.9. The van der Waals surface area contributed by atoms with Gasteiger partial charge in [0.05, 0.1) is 0 Å².